The number of carbonyl (C=O) groups is 2. The Bertz CT molecular complexity index is 1570. The van der Waals surface area contributed by atoms with Gasteiger partial charge in [0, 0.05) is 109 Å². The number of allylic oxidation sites excluding steroid dienone is 1. The van der Waals surface area contributed by atoms with Gasteiger partial charge in [-0.2, -0.15) is 0 Å². The SMILES string of the molecule is C=O.CCN(/C(=C(\C)CC(C)(C)COC)c1cc(N2CCN(C3CC3)CC2)cnc1C(C)OC)c1ccc(N(CCCC(N)C(=O)N2CCCCN2)CCOC)cc1. The number of nitrogens with one attached hydrogen (secondary N) is 1. The van der Waals surface area contributed by atoms with Crippen LogP contribution in [0.4, 0.5) is 17.1 Å². The second-order valence-corrected chi connectivity index (χ2v) is 16.8. The molecule has 1 aliphatic carbocycles. The molecule has 5 rings (SSSR count). The van der Waals surface area contributed by atoms with E-state index in [9.17, 15) is 4.79 Å². The molecule has 3 aliphatic rings. The van der Waals surface area contributed by atoms with Crippen LogP contribution in [0.5, 0.6) is 0 Å². The molecule has 2 unspecified atom stereocenters. The highest BCUT2D eigenvalue weighted by Crippen LogP contribution is 2.39. The van der Waals surface area contributed by atoms with Crippen LogP contribution in [0.1, 0.15) is 96.9 Å². The molecule has 0 spiro atoms. The number of hydrogen-bond donors (Lipinski definition) is 2. The van der Waals surface area contributed by atoms with Gasteiger partial charge in [-0.3, -0.25) is 19.7 Å². The first-order chi connectivity index (χ1) is 28.0. The topological polar surface area (TPSA) is 129 Å². The number of piperazine rings is 1. The lowest BCUT2D eigenvalue weighted by Crippen LogP contribution is -2.53. The van der Waals surface area contributed by atoms with Crippen LogP contribution >= 0.6 is 0 Å². The van der Waals surface area contributed by atoms with Gasteiger partial charge in [-0.25, -0.2) is 5.43 Å². The Labute approximate surface area is 349 Å². The molecular formula is C45H74N8O5. The lowest BCUT2D eigenvalue weighted by molar-refractivity contribution is -0.137. The molecule has 324 valence electrons. The minimum absolute atomic E-state index is 0.0122. The van der Waals surface area contributed by atoms with Crippen molar-refractivity contribution in [3.8, 4) is 0 Å². The summed E-state index contributed by atoms with van der Waals surface area (Å²) in [5.41, 5.74) is 17.4. The van der Waals surface area contributed by atoms with E-state index in [1.54, 1.807) is 26.3 Å². The van der Waals surface area contributed by atoms with E-state index in [4.69, 9.17) is 29.7 Å². The van der Waals surface area contributed by atoms with E-state index in [0.717, 1.165) is 119 Å². The molecule has 2 aliphatic heterocycles. The van der Waals surface area contributed by atoms with Gasteiger partial charge in [-0.15, -0.1) is 0 Å². The number of rotatable bonds is 21. The Kier molecular flexibility index (Phi) is 18.9. The number of pyridine rings is 1. The van der Waals surface area contributed by atoms with Crippen molar-refractivity contribution in [3.05, 3.63) is 53.4 Å². The molecule has 58 heavy (non-hydrogen) atoms. The number of nitrogens with zero attached hydrogens (tertiary/aromatic N) is 6. The monoisotopic (exact) mass is 807 g/mol. The molecule has 3 heterocycles. The van der Waals surface area contributed by atoms with E-state index in [1.165, 1.54) is 24.1 Å². The van der Waals surface area contributed by atoms with Crippen molar-refractivity contribution in [1.82, 2.24) is 20.3 Å². The number of nitrogens with two attached hydrogens (primary N) is 1. The smallest absolute Gasteiger partial charge is 0.253 e. The summed E-state index contributed by atoms with van der Waals surface area (Å²) in [5, 5.41) is 1.71. The zero-order chi connectivity index (χ0) is 42.2. The number of anilines is 3. The van der Waals surface area contributed by atoms with E-state index in [0.29, 0.717) is 19.6 Å². The molecule has 1 amide bonds. The van der Waals surface area contributed by atoms with Crippen LogP contribution < -0.4 is 25.9 Å². The van der Waals surface area contributed by atoms with E-state index < -0.39 is 6.04 Å². The van der Waals surface area contributed by atoms with Crippen molar-refractivity contribution in [2.24, 2.45) is 11.1 Å². The minimum Gasteiger partial charge on any atom is -0.384 e. The molecule has 3 N–H and O–H groups in total. The van der Waals surface area contributed by atoms with E-state index in [-0.39, 0.29) is 17.4 Å². The van der Waals surface area contributed by atoms with Crippen LogP contribution in [-0.4, -0.2) is 133 Å². The molecule has 2 atom stereocenters. The van der Waals surface area contributed by atoms with Gasteiger partial charge < -0.3 is 39.4 Å². The van der Waals surface area contributed by atoms with E-state index >= 15 is 0 Å². The summed E-state index contributed by atoms with van der Waals surface area (Å²) in [7, 11) is 5.29. The number of carbonyl (C=O) groups excluding carboxylic acids is 2. The number of hydrogen-bond acceptors (Lipinski definition) is 12. The Hall–Kier alpha value is -3.59. The number of amides is 1. The Morgan fingerprint density at radius 2 is 1.71 bits per heavy atom. The van der Waals surface area contributed by atoms with Gasteiger partial charge >= 0.3 is 0 Å². The third kappa shape index (κ3) is 13.0. The molecule has 1 saturated carbocycles. The molecule has 13 heteroatoms. The van der Waals surface area contributed by atoms with Crippen molar-refractivity contribution < 1.29 is 23.8 Å². The number of hydrazine groups is 1. The molecule has 1 aromatic carbocycles. The number of methoxy groups -OCH3 is 3. The van der Waals surface area contributed by atoms with Crippen molar-refractivity contribution in [2.75, 3.05) is 108 Å². The summed E-state index contributed by atoms with van der Waals surface area (Å²) >= 11 is 0. The zero-order valence-electron chi connectivity index (χ0n) is 36.9. The van der Waals surface area contributed by atoms with E-state index in [1.807, 2.05) is 6.79 Å². The summed E-state index contributed by atoms with van der Waals surface area (Å²) in [6, 6.07) is 11.5. The van der Waals surface area contributed by atoms with Gasteiger partial charge in [0.1, 0.15) is 6.79 Å². The van der Waals surface area contributed by atoms with Gasteiger partial charge in [0.25, 0.3) is 5.91 Å². The largest absolute Gasteiger partial charge is 0.384 e. The summed E-state index contributed by atoms with van der Waals surface area (Å²) in [5.74, 6) is -0.0122. The van der Waals surface area contributed by atoms with Crippen molar-refractivity contribution in [3.63, 3.8) is 0 Å². The molecule has 3 fully saturated rings. The predicted octanol–water partition coefficient (Wildman–Crippen LogP) is 5.90. The standard InChI is InChI=1S/C44H72N8O4.CH2O/c1-9-51(37-18-16-35(17-19-37)48(27-28-54-6)21-12-13-40(45)43(53)52-22-11-10-20-47-52)42(33(2)30-44(4,5)32-55-7)39-29-38(31-46-41(39)34(3)56-8)50-25-23-49(24-26-50)36-14-15-36;1-2/h16-19,29,31,34,36,40,47H,9-15,20-28,30,32,45H2,1-8H3;1H2/b42-33+;. The van der Waals surface area contributed by atoms with Crippen LogP contribution in [0, 0.1) is 5.41 Å². The molecule has 2 saturated heterocycles. The lowest BCUT2D eigenvalue weighted by Gasteiger charge is -2.37. The Morgan fingerprint density at radius 3 is 2.29 bits per heavy atom. The van der Waals surface area contributed by atoms with Crippen molar-refractivity contribution >= 4 is 35.5 Å². The third-order valence-corrected chi connectivity index (χ3v) is 11.6. The van der Waals surface area contributed by atoms with Crippen molar-refractivity contribution in [1.29, 1.82) is 0 Å². The molecule has 2 aromatic rings. The van der Waals surface area contributed by atoms with Crippen LogP contribution in [0.25, 0.3) is 5.70 Å². The third-order valence-electron chi connectivity index (χ3n) is 11.6. The van der Waals surface area contributed by atoms with Crippen LogP contribution in [0.2, 0.25) is 0 Å². The van der Waals surface area contributed by atoms with Crippen LogP contribution in [-0.2, 0) is 23.8 Å². The molecule has 1 aromatic heterocycles. The molecule has 13 nitrogen and oxygen atoms in total. The van der Waals surface area contributed by atoms with Gasteiger partial charge in [-0.05, 0) is 107 Å². The van der Waals surface area contributed by atoms with E-state index in [2.05, 4.69) is 96.2 Å². The maximum absolute atomic E-state index is 12.9. The summed E-state index contributed by atoms with van der Waals surface area (Å²) < 4.78 is 17.2. The minimum atomic E-state index is -0.515. The summed E-state index contributed by atoms with van der Waals surface area (Å²) in [4.78, 5) is 36.0. The number of ether oxygens (including phenoxy) is 3. The predicted molar refractivity (Wildman–Crippen MR) is 236 cm³/mol. The van der Waals surface area contributed by atoms with Gasteiger partial charge in [-0.1, -0.05) is 13.8 Å². The van der Waals surface area contributed by atoms with Gasteiger partial charge in [0.2, 0.25) is 0 Å². The fourth-order valence-corrected chi connectivity index (χ4v) is 8.48. The Balaban J connectivity index is 0.00000366. The highest BCUT2D eigenvalue weighted by molar-refractivity contribution is 5.84. The Morgan fingerprint density at radius 1 is 1.02 bits per heavy atom. The quantitative estimate of drug-likeness (QED) is 0.156. The maximum atomic E-state index is 12.9. The second kappa shape index (κ2) is 23.3. The fourth-order valence-electron chi connectivity index (χ4n) is 8.48. The highest BCUT2D eigenvalue weighted by Gasteiger charge is 2.32. The van der Waals surface area contributed by atoms with Gasteiger partial charge in [0.15, 0.2) is 0 Å². The first-order valence-electron chi connectivity index (χ1n) is 21.4. The summed E-state index contributed by atoms with van der Waals surface area (Å²) in [6.07, 6.45) is 8.94. The first kappa shape index (κ1) is 47.1. The molecule has 0 radical (unpaired) electrons. The number of benzene rings is 1. The fraction of sp³-hybridized carbons (Fsp3) is 0.667. The van der Waals surface area contributed by atoms with Gasteiger partial charge in [0.05, 0.1) is 42.9 Å². The van der Waals surface area contributed by atoms with Crippen molar-refractivity contribution in [2.45, 2.75) is 97.8 Å². The highest BCUT2D eigenvalue weighted by atomic mass is 16.5. The van der Waals surface area contributed by atoms with Crippen LogP contribution in [0.15, 0.2) is 42.1 Å². The van der Waals surface area contributed by atoms with Crippen LogP contribution in [0.3, 0.4) is 0 Å². The lowest BCUT2D eigenvalue weighted by atomic mass is 9.85. The molecular weight excluding hydrogens is 733 g/mol. The average molecular weight is 807 g/mol. The second-order valence-electron chi connectivity index (χ2n) is 16.8. The molecule has 0 bridgehead atoms. The zero-order valence-corrected chi connectivity index (χ0v) is 36.9. The maximum Gasteiger partial charge on any atom is 0.253 e. The number of aromatic nitrogens is 1. The first-order valence-corrected chi connectivity index (χ1v) is 21.4. The normalized spacial score (nSPS) is 17.9. The summed E-state index contributed by atoms with van der Waals surface area (Å²) in [6.45, 7) is 22.5. The average Bonchev–Trinajstić information content (AvgIpc) is 4.10.